The standard InChI is InChI=1S/C15H25NO3S/c1-4-5-11-20(17,18)16-9-10-19-15-8-6-7-14(12-15)13(2)3/h6-8,12-13,16H,4-5,9-11H2,1-3H3. The minimum absolute atomic E-state index is 0.187. The topological polar surface area (TPSA) is 55.4 Å². The summed E-state index contributed by atoms with van der Waals surface area (Å²) in [6.07, 6.45) is 1.56. The van der Waals surface area contributed by atoms with Crippen LogP contribution in [0.4, 0.5) is 0 Å². The summed E-state index contributed by atoms with van der Waals surface area (Å²) in [6, 6.07) is 7.90. The molecule has 0 unspecified atom stereocenters. The fraction of sp³-hybridized carbons (Fsp3) is 0.600. The van der Waals surface area contributed by atoms with Crippen LogP contribution in [-0.2, 0) is 10.0 Å². The summed E-state index contributed by atoms with van der Waals surface area (Å²) in [4.78, 5) is 0. The summed E-state index contributed by atoms with van der Waals surface area (Å²) in [5, 5.41) is 0. The van der Waals surface area contributed by atoms with E-state index < -0.39 is 10.0 Å². The van der Waals surface area contributed by atoms with Crippen molar-refractivity contribution in [1.82, 2.24) is 4.72 Å². The summed E-state index contributed by atoms with van der Waals surface area (Å²) >= 11 is 0. The average Bonchev–Trinajstić information content (AvgIpc) is 2.42. The Hall–Kier alpha value is -1.07. The molecular formula is C15H25NO3S. The van der Waals surface area contributed by atoms with E-state index >= 15 is 0 Å². The lowest BCUT2D eigenvalue weighted by Crippen LogP contribution is -2.30. The van der Waals surface area contributed by atoms with Crippen molar-refractivity contribution in [2.24, 2.45) is 0 Å². The van der Waals surface area contributed by atoms with Crippen molar-refractivity contribution in [2.75, 3.05) is 18.9 Å². The lowest BCUT2D eigenvalue weighted by Gasteiger charge is -2.10. The highest BCUT2D eigenvalue weighted by molar-refractivity contribution is 7.89. The third-order valence-corrected chi connectivity index (χ3v) is 4.45. The van der Waals surface area contributed by atoms with Crippen LogP contribution in [0.1, 0.15) is 45.1 Å². The van der Waals surface area contributed by atoms with Gasteiger partial charge < -0.3 is 4.74 Å². The number of benzene rings is 1. The minimum atomic E-state index is -3.15. The van der Waals surface area contributed by atoms with Crippen LogP contribution >= 0.6 is 0 Å². The predicted molar refractivity (Wildman–Crippen MR) is 82.7 cm³/mol. The molecule has 0 spiro atoms. The van der Waals surface area contributed by atoms with E-state index in [1.54, 1.807) is 0 Å². The van der Waals surface area contributed by atoms with Gasteiger partial charge in [0, 0.05) is 6.54 Å². The number of sulfonamides is 1. The van der Waals surface area contributed by atoms with Crippen molar-refractivity contribution in [2.45, 2.75) is 39.5 Å². The Balaban J connectivity index is 2.36. The van der Waals surface area contributed by atoms with E-state index in [-0.39, 0.29) is 5.75 Å². The third-order valence-electron chi connectivity index (χ3n) is 2.98. The highest BCUT2D eigenvalue weighted by Crippen LogP contribution is 2.19. The third kappa shape index (κ3) is 6.39. The molecule has 0 saturated carbocycles. The lowest BCUT2D eigenvalue weighted by molar-refractivity contribution is 0.322. The smallest absolute Gasteiger partial charge is 0.211 e. The Kier molecular flexibility index (Phi) is 7.02. The molecule has 5 heteroatoms. The zero-order chi connectivity index (χ0) is 15.0. The van der Waals surface area contributed by atoms with Crippen LogP contribution in [-0.4, -0.2) is 27.3 Å². The molecule has 1 rings (SSSR count). The highest BCUT2D eigenvalue weighted by atomic mass is 32.2. The first-order valence-electron chi connectivity index (χ1n) is 7.14. The van der Waals surface area contributed by atoms with Gasteiger partial charge in [-0.2, -0.15) is 0 Å². The van der Waals surface area contributed by atoms with Gasteiger partial charge in [0.2, 0.25) is 10.0 Å². The second-order valence-corrected chi connectivity index (χ2v) is 7.07. The molecule has 0 saturated heterocycles. The molecule has 114 valence electrons. The van der Waals surface area contributed by atoms with Crippen molar-refractivity contribution >= 4 is 10.0 Å². The van der Waals surface area contributed by atoms with E-state index in [1.165, 1.54) is 5.56 Å². The van der Waals surface area contributed by atoms with Crippen LogP contribution in [0.15, 0.2) is 24.3 Å². The van der Waals surface area contributed by atoms with Gasteiger partial charge in [-0.15, -0.1) is 0 Å². The molecule has 4 nitrogen and oxygen atoms in total. The monoisotopic (exact) mass is 299 g/mol. The lowest BCUT2D eigenvalue weighted by atomic mass is 10.0. The number of unbranched alkanes of at least 4 members (excludes halogenated alkanes) is 1. The van der Waals surface area contributed by atoms with Crippen LogP contribution in [0.2, 0.25) is 0 Å². The maximum atomic E-state index is 11.6. The number of hydrogen-bond acceptors (Lipinski definition) is 3. The minimum Gasteiger partial charge on any atom is -0.492 e. The fourth-order valence-corrected chi connectivity index (χ4v) is 2.94. The maximum absolute atomic E-state index is 11.6. The number of nitrogens with one attached hydrogen (secondary N) is 1. The summed E-state index contributed by atoms with van der Waals surface area (Å²) in [6.45, 7) is 6.87. The fourth-order valence-electron chi connectivity index (χ4n) is 1.74. The number of hydrogen-bond donors (Lipinski definition) is 1. The van der Waals surface area contributed by atoms with Gasteiger partial charge in [0.05, 0.1) is 5.75 Å². The van der Waals surface area contributed by atoms with Crippen molar-refractivity contribution in [3.63, 3.8) is 0 Å². The molecule has 0 heterocycles. The van der Waals surface area contributed by atoms with Gasteiger partial charge in [-0.1, -0.05) is 39.3 Å². The molecule has 0 amide bonds. The Morgan fingerprint density at radius 2 is 2.05 bits per heavy atom. The maximum Gasteiger partial charge on any atom is 0.211 e. The van der Waals surface area contributed by atoms with Crippen molar-refractivity contribution < 1.29 is 13.2 Å². The van der Waals surface area contributed by atoms with Crippen molar-refractivity contribution in [1.29, 1.82) is 0 Å². The van der Waals surface area contributed by atoms with E-state index in [4.69, 9.17) is 4.74 Å². The van der Waals surface area contributed by atoms with Gasteiger partial charge in [-0.3, -0.25) is 0 Å². The Labute approximate surface area is 122 Å². The average molecular weight is 299 g/mol. The van der Waals surface area contributed by atoms with Crippen molar-refractivity contribution in [3.8, 4) is 5.75 Å². The molecule has 0 radical (unpaired) electrons. The molecule has 0 aliphatic heterocycles. The Bertz CT molecular complexity index is 498. The summed E-state index contributed by atoms with van der Waals surface area (Å²) in [5.41, 5.74) is 1.21. The van der Waals surface area contributed by atoms with Gasteiger partial charge in [0.15, 0.2) is 0 Å². The molecule has 0 aromatic heterocycles. The summed E-state index contributed by atoms with van der Waals surface area (Å²) in [7, 11) is -3.15. The number of rotatable bonds is 9. The highest BCUT2D eigenvalue weighted by Gasteiger charge is 2.08. The first-order chi connectivity index (χ1) is 9.44. The van der Waals surface area contributed by atoms with E-state index in [0.717, 1.165) is 12.2 Å². The van der Waals surface area contributed by atoms with Crippen LogP contribution < -0.4 is 9.46 Å². The van der Waals surface area contributed by atoms with Gasteiger partial charge in [-0.25, -0.2) is 13.1 Å². The molecule has 0 aliphatic carbocycles. The van der Waals surface area contributed by atoms with Gasteiger partial charge in [-0.05, 0) is 30.0 Å². The largest absolute Gasteiger partial charge is 0.492 e. The molecule has 0 fully saturated rings. The van der Waals surface area contributed by atoms with E-state index in [1.807, 2.05) is 25.1 Å². The van der Waals surface area contributed by atoms with Crippen LogP contribution in [0.25, 0.3) is 0 Å². The molecule has 1 aromatic carbocycles. The molecular weight excluding hydrogens is 274 g/mol. The first kappa shape index (κ1) is 17.0. The first-order valence-corrected chi connectivity index (χ1v) is 8.80. The summed E-state index contributed by atoms with van der Waals surface area (Å²) in [5.74, 6) is 1.42. The molecule has 20 heavy (non-hydrogen) atoms. The normalized spacial score (nSPS) is 11.8. The van der Waals surface area contributed by atoms with Gasteiger partial charge in [0.25, 0.3) is 0 Å². The summed E-state index contributed by atoms with van der Waals surface area (Å²) < 4.78 is 31.3. The quantitative estimate of drug-likeness (QED) is 0.713. The van der Waals surface area contributed by atoms with Crippen LogP contribution in [0, 0.1) is 0 Å². The SMILES string of the molecule is CCCCS(=O)(=O)NCCOc1cccc(C(C)C)c1. The molecule has 0 aliphatic rings. The van der Waals surface area contributed by atoms with Crippen LogP contribution in [0.3, 0.4) is 0 Å². The van der Waals surface area contributed by atoms with E-state index in [0.29, 0.717) is 25.5 Å². The Morgan fingerprint density at radius 1 is 1.30 bits per heavy atom. The second-order valence-electron chi connectivity index (χ2n) is 5.14. The predicted octanol–water partition coefficient (Wildman–Crippen LogP) is 2.91. The number of ether oxygens (including phenoxy) is 1. The molecule has 1 aromatic rings. The van der Waals surface area contributed by atoms with Gasteiger partial charge in [0.1, 0.15) is 12.4 Å². The molecule has 0 bridgehead atoms. The second kappa shape index (κ2) is 8.27. The molecule has 1 N–H and O–H groups in total. The zero-order valence-electron chi connectivity index (χ0n) is 12.6. The van der Waals surface area contributed by atoms with Crippen molar-refractivity contribution in [3.05, 3.63) is 29.8 Å². The van der Waals surface area contributed by atoms with Crippen LogP contribution in [0.5, 0.6) is 5.75 Å². The zero-order valence-corrected chi connectivity index (χ0v) is 13.4. The van der Waals surface area contributed by atoms with E-state index in [2.05, 4.69) is 24.6 Å². The van der Waals surface area contributed by atoms with E-state index in [9.17, 15) is 8.42 Å². The Morgan fingerprint density at radius 3 is 2.70 bits per heavy atom. The molecule has 0 atom stereocenters. The van der Waals surface area contributed by atoms with Gasteiger partial charge >= 0.3 is 0 Å².